The highest BCUT2D eigenvalue weighted by Gasteiger charge is 2.09. The lowest BCUT2D eigenvalue weighted by Crippen LogP contribution is -1.99. The van der Waals surface area contributed by atoms with E-state index < -0.39 is 0 Å². The summed E-state index contributed by atoms with van der Waals surface area (Å²) in [4.78, 5) is 4.48. The fourth-order valence-corrected chi connectivity index (χ4v) is 2.55. The minimum Gasteiger partial charge on any atom is -0.339 e. The molecule has 24 heavy (non-hydrogen) atoms. The Kier molecular flexibility index (Phi) is 4.31. The van der Waals surface area contributed by atoms with Gasteiger partial charge in [-0.25, -0.2) is 4.98 Å². The van der Waals surface area contributed by atoms with Gasteiger partial charge in [0.15, 0.2) is 0 Å². The molecule has 0 unspecified atom stereocenters. The summed E-state index contributed by atoms with van der Waals surface area (Å²) in [6.45, 7) is 6.14. The Labute approximate surface area is 142 Å². The van der Waals surface area contributed by atoms with Crippen LogP contribution in [0.25, 0.3) is 11.1 Å². The zero-order valence-electron chi connectivity index (χ0n) is 14.1. The number of aryl methyl sites for hydroxylation is 3. The molecule has 1 aromatic heterocycles. The molecule has 3 heteroatoms. The summed E-state index contributed by atoms with van der Waals surface area (Å²) in [5.74, 6) is 0.585. The van der Waals surface area contributed by atoms with E-state index in [0.717, 1.165) is 27.9 Å². The Balaban J connectivity index is 1.97. The van der Waals surface area contributed by atoms with Crippen LogP contribution in [0.15, 0.2) is 54.7 Å². The quantitative estimate of drug-likeness (QED) is 0.714. The summed E-state index contributed by atoms with van der Waals surface area (Å²) >= 11 is 0. The Morgan fingerprint density at radius 3 is 2.29 bits per heavy atom. The minimum absolute atomic E-state index is 0.536. The van der Waals surface area contributed by atoms with Crippen LogP contribution in [0.2, 0.25) is 0 Å². The van der Waals surface area contributed by atoms with Crippen LogP contribution >= 0.6 is 0 Å². The van der Waals surface area contributed by atoms with Crippen LogP contribution in [0.3, 0.4) is 0 Å². The predicted molar refractivity (Wildman–Crippen MR) is 98.3 cm³/mol. The first kappa shape index (κ1) is 15.8. The molecule has 0 aliphatic carbocycles. The van der Waals surface area contributed by atoms with Crippen molar-refractivity contribution in [3.63, 3.8) is 0 Å². The topological polar surface area (TPSA) is 48.7 Å². The number of hydrogen-bond donors (Lipinski definition) is 1. The number of hydrogen-bond acceptors (Lipinski definition) is 3. The number of rotatable bonds is 3. The second-order valence-electron chi connectivity index (χ2n) is 6.04. The number of anilines is 2. The largest absolute Gasteiger partial charge is 0.339 e. The third-order valence-electron chi connectivity index (χ3n) is 4.04. The molecule has 3 nitrogen and oxygen atoms in total. The summed E-state index contributed by atoms with van der Waals surface area (Å²) in [6, 6.07) is 18.5. The number of nitriles is 1. The van der Waals surface area contributed by atoms with E-state index in [0.29, 0.717) is 11.4 Å². The number of nitrogens with zero attached hydrogens (tertiary/aromatic N) is 2. The molecule has 1 N–H and O–H groups in total. The minimum atomic E-state index is 0.536. The fraction of sp³-hybridized carbons (Fsp3) is 0.143. The van der Waals surface area contributed by atoms with Crippen LogP contribution in [-0.4, -0.2) is 4.98 Å². The van der Waals surface area contributed by atoms with E-state index in [1.807, 2.05) is 32.0 Å². The molecule has 0 saturated carbocycles. The Hall–Kier alpha value is -3.12. The number of nitrogens with one attached hydrogen (secondary N) is 1. The predicted octanol–water partition coefficient (Wildman–Crippen LogP) is 5.29. The summed E-state index contributed by atoms with van der Waals surface area (Å²) in [5, 5.41) is 12.8. The van der Waals surface area contributed by atoms with Crippen molar-refractivity contribution in [1.82, 2.24) is 4.98 Å². The molecule has 2 aromatic carbocycles. The van der Waals surface area contributed by atoms with Gasteiger partial charge in [0.2, 0.25) is 0 Å². The van der Waals surface area contributed by atoms with E-state index >= 15 is 0 Å². The zero-order valence-corrected chi connectivity index (χ0v) is 14.1. The molecule has 118 valence electrons. The lowest BCUT2D eigenvalue weighted by Gasteiger charge is -2.12. The Bertz CT molecular complexity index is 919. The van der Waals surface area contributed by atoms with E-state index in [4.69, 9.17) is 0 Å². The molecule has 0 aliphatic rings. The van der Waals surface area contributed by atoms with Crippen LogP contribution in [0.1, 0.15) is 22.3 Å². The molecule has 3 aromatic rings. The van der Waals surface area contributed by atoms with Gasteiger partial charge < -0.3 is 5.32 Å². The van der Waals surface area contributed by atoms with Crippen LogP contribution in [0, 0.1) is 32.1 Å². The molecule has 0 radical (unpaired) electrons. The lowest BCUT2D eigenvalue weighted by atomic mass is 10.0. The summed E-state index contributed by atoms with van der Waals surface area (Å²) < 4.78 is 0. The van der Waals surface area contributed by atoms with Crippen LogP contribution < -0.4 is 5.32 Å². The van der Waals surface area contributed by atoms with Gasteiger partial charge in [0.05, 0.1) is 5.56 Å². The van der Waals surface area contributed by atoms with Crippen molar-refractivity contribution in [1.29, 1.82) is 5.26 Å². The van der Waals surface area contributed by atoms with E-state index in [-0.39, 0.29) is 0 Å². The SMILES string of the molecule is Cc1ccc(-c2cnc(Nc3cc(C)ccc3C)c(C#N)c2)cc1. The smallest absolute Gasteiger partial charge is 0.148 e. The maximum absolute atomic E-state index is 9.51. The highest BCUT2D eigenvalue weighted by molar-refractivity contribution is 5.71. The molecular weight excluding hydrogens is 294 g/mol. The van der Waals surface area contributed by atoms with E-state index in [2.05, 4.69) is 53.6 Å². The van der Waals surface area contributed by atoms with Gasteiger partial charge in [-0.1, -0.05) is 42.0 Å². The Morgan fingerprint density at radius 2 is 1.58 bits per heavy atom. The first-order chi connectivity index (χ1) is 11.6. The van der Waals surface area contributed by atoms with Gasteiger partial charge >= 0.3 is 0 Å². The van der Waals surface area contributed by atoms with E-state index in [1.54, 1.807) is 6.20 Å². The van der Waals surface area contributed by atoms with Gasteiger partial charge in [-0.15, -0.1) is 0 Å². The molecule has 1 heterocycles. The molecule has 0 atom stereocenters. The van der Waals surface area contributed by atoms with Gasteiger partial charge in [0, 0.05) is 17.4 Å². The van der Waals surface area contributed by atoms with Crippen molar-refractivity contribution in [2.75, 3.05) is 5.32 Å². The van der Waals surface area contributed by atoms with Gasteiger partial charge in [-0.3, -0.25) is 0 Å². The van der Waals surface area contributed by atoms with Crippen molar-refractivity contribution >= 4 is 11.5 Å². The average molecular weight is 313 g/mol. The monoisotopic (exact) mass is 313 g/mol. The van der Waals surface area contributed by atoms with Crippen molar-refractivity contribution in [2.45, 2.75) is 20.8 Å². The van der Waals surface area contributed by atoms with Crippen LogP contribution in [-0.2, 0) is 0 Å². The maximum Gasteiger partial charge on any atom is 0.148 e. The fourth-order valence-electron chi connectivity index (χ4n) is 2.55. The van der Waals surface area contributed by atoms with Crippen LogP contribution in [0.4, 0.5) is 11.5 Å². The van der Waals surface area contributed by atoms with Crippen LogP contribution in [0.5, 0.6) is 0 Å². The maximum atomic E-state index is 9.51. The third kappa shape index (κ3) is 3.28. The third-order valence-corrected chi connectivity index (χ3v) is 4.04. The highest BCUT2D eigenvalue weighted by atomic mass is 15.0. The van der Waals surface area contributed by atoms with Gasteiger partial charge in [-0.05, 0) is 49.6 Å². The highest BCUT2D eigenvalue weighted by Crippen LogP contribution is 2.26. The molecule has 3 rings (SSSR count). The molecule has 0 bridgehead atoms. The number of aromatic nitrogens is 1. The second-order valence-corrected chi connectivity index (χ2v) is 6.04. The second kappa shape index (κ2) is 6.55. The van der Waals surface area contributed by atoms with Crippen molar-refractivity contribution in [2.24, 2.45) is 0 Å². The summed E-state index contributed by atoms with van der Waals surface area (Å²) in [5.41, 5.74) is 7.00. The summed E-state index contributed by atoms with van der Waals surface area (Å²) in [7, 11) is 0. The molecule has 0 amide bonds. The van der Waals surface area contributed by atoms with Gasteiger partial charge in [0.1, 0.15) is 11.9 Å². The average Bonchev–Trinajstić information content (AvgIpc) is 2.59. The normalized spacial score (nSPS) is 10.2. The lowest BCUT2D eigenvalue weighted by molar-refractivity contribution is 1.27. The molecule has 0 spiro atoms. The zero-order chi connectivity index (χ0) is 17.1. The van der Waals surface area contributed by atoms with Gasteiger partial charge in [0.25, 0.3) is 0 Å². The number of benzene rings is 2. The molecule has 0 saturated heterocycles. The van der Waals surface area contributed by atoms with Crippen molar-refractivity contribution < 1.29 is 0 Å². The number of pyridine rings is 1. The van der Waals surface area contributed by atoms with E-state index in [1.165, 1.54) is 5.56 Å². The van der Waals surface area contributed by atoms with E-state index in [9.17, 15) is 5.26 Å². The van der Waals surface area contributed by atoms with Crippen molar-refractivity contribution in [3.8, 4) is 17.2 Å². The first-order valence-corrected chi connectivity index (χ1v) is 7.88. The molecular formula is C21H19N3. The summed E-state index contributed by atoms with van der Waals surface area (Å²) in [6.07, 6.45) is 1.80. The van der Waals surface area contributed by atoms with Crippen molar-refractivity contribution in [3.05, 3.63) is 77.0 Å². The van der Waals surface area contributed by atoms with Gasteiger partial charge in [-0.2, -0.15) is 5.26 Å². The Morgan fingerprint density at radius 1 is 0.875 bits per heavy atom. The molecule has 0 fully saturated rings. The standard InChI is InChI=1S/C21H19N3/c1-14-5-8-17(9-6-14)19-11-18(12-22)21(23-13-19)24-20-10-15(2)4-7-16(20)3/h4-11,13H,1-3H3,(H,23,24). The first-order valence-electron chi connectivity index (χ1n) is 7.88. The molecule has 0 aliphatic heterocycles.